The van der Waals surface area contributed by atoms with Gasteiger partial charge in [-0.05, 0) is 47.4 Å². The van der Waals surface area contributed by atoms with Gasteiger partial charge in [0.2, 0.25) is 11.8 Å². The van der Waals surface area contributed by atoms with Crippen LogP contribution in [0.4, 0.5) is 0 Å². The van der Waals surface area contributed by atoms with E-state index in [1.165, 1.54) is 0 Å². The van der Waals surface area contributed by atoms with Crippen LogP contribution in [0.2, 0.25) is 0 Å². The van der Waals surface area contributed by atoms with Gasteiger partial charge in [0.25, 0.3) is 0 Å². The van der Waals surface area contributed by atoms with Crippen molar-refractivity contribution in [1.29, 1.82) is 0 Å². The van der Waals surface area contributed by atoms with Gasteiger partial charge in [-0.1, -0.05) is 49.4 Å². The number of methoxy groups -OCH3 is 1. The van der Waals surface area contributed by atoms with E-state index in [1.54, 1.807) is 24.4 Å². The molecule has 1 heterocycles. The number of aromatic nitrogens is 1. The van der Waals surface area contributed by atoms with Crippen molar-refractivity contribution in [2.75, 3.05) is 7.11 Å². The van der Waals surface area contributed by atoms with Gasteiger partial charge in [-0.15, -0.1) is 0 Å². The lowest BCUT2D eigenvalue weighted by Gasteiger charge is -2.31. The second-order valence-corrected chi connectivity index (χ2v) is 7.90. The molecule has 1 atom stereocenters. The Hall–Kier alpha value is -3.67. The summed E-state index contributed by atoms with van der Waals surface area (Å²) in [6.07, 6.45) is 4.94. The number of nitrogens with zero attached hydrogens (tertiary/aromatic N) is 2. The number of hydrogen-bond acceptors (Lipinski definition) is 4. The zero-order valence-electron chi connectivity index (χ0n) is 19.2. The first-order valence-corrected chi connectivity index (χ1v) is 11.2. The van der Waals surface area contributed by atoms with E-state index >= 15 is 0 Å². The first-order chi connectivity index (χ1) is 16.1. The molecule has 2 amide bonds. The molecule has 1 unspecified atom stereocenters. The summed E-state index contributed by atoms with van der Waals surface area (Å²) in [4.78, 5) is 32.3. The summed E-state index contributed by atoms with van der Waals surface area (Å²) < 4.78 is 5.25. The Morgan fingerprint density at radius 1 is 0.939 bits per heavy atom. The third-order valence-corrected chi connectivity index (χ3v) is 5.46. The minimum atomic E-state index is -0.629. The molecule has 0 aliphatic carbocycles. The van der Waals surface area contributed by atoms with Crippen LogP contribution in [0.1, 0.15) is 36.5 Å². The zero-order valence-corrected chi connectivity index (χ0v) is 19.2. The van der Waals surface area contributed by atoms with Gasteiger partial charge < -0.3 is 15.0 Å². The van der Waals surface area contributed by atoms with Crippen molar-refractivity contribution >= 4 is 11.8 Å². The lowest BCUT2D eigenvalue weighted by Crippen LogP contribution is -2.50. The predicted octanol–water partition coefficient (Wildman–Crippen LogP) is 4.15. The quantitative estimate of drug-likeness (QED) is 0.481. The summed E-state index contributed by atoms with van der Waals surface area (Å²) in [6, 6.07) is 20.5. The molecule has 1 N–H and O–H groups in total. The molecule has 6 heteroatoms. The number of rotatable bonds is 11. The summed E-state index contributed by atoms with van der Waals surface area (Å²) >= 11 is 0. The van der Waals surface area contributed by atoms with Gasteiger partial charge in [0.1, 0.15) is 11.8 Å². The van der Waals surface area contributed by atoms with Gasteiger partial charge >= 0.3 is 0 Å². The van der Waals surface area contributed by atoms with Crippen molar-refractivity contribution in [2.45, 2.75) is 45.3 Å². The van der Waals surface area contributed by atoms with Crippen LogP contribution in [-0.4, -0.2) is 34.8 Å². The van der Waals surface area contributed by atoms with Gasteiger partial charge in [-0.3, -0.25) is 14.6 Å². The zero-order chi connectivity index (χ0) is 23.5. The Kier molecular flexibility index (Phi) is 9.00. The highest BCUT2D eigenvalue weighted by molar-refractivity contribution is 5.88. The molecule has 0 aliphatic rings. The summed E-state index contributed by atoms with van der Waals surface area (Å²) in [7, 11) is 1.62. The van der Waals surface area contributed by atoms with Crippen LogP contribution >= 0.6 is 0 Å². The van der Waals surface area contributed by atoms with Crippen LogP contribution in [0.15, 0.2) is 79.1 Å². The summed E-state index contributed by atoms with van der Waals surface area (Å²) in [5.41, 5.74) is 2.91. The Morgan fingerprint density at radius 3 is 2.27 bits per heavy atom. The SMILES string of the molecule is CCCC(=O)N(Cc1ccc(OC)cc1)C(Cc1ccccc1)C(=O)NCc1ccncc1. The maximum absolute atomic E-state index is 13.4. The minimum absolute atomic E-state index is 0.0340. The number of pyridine rings is 1. The number of nitrogens with one attached hydrogen (secondary N) is 1. The summed E-state index contributed by atoms with van der Waals surface area (Å²) in [5.74, 6) is 0.544. The summed E-state index contributed by atoms with van der Waals surface area (Å²) in [6.45, 7) is 2.70. The third kappa shape index (κ3) is 7.17. The molecule has 2 aromatic carbocycles. The number of carbonyl (C=O) groups excluding carboxylic acids is 2. The van der Waals surface area contributed by atoms with E-state index in [1.807, 2.05) is 73.7 Å². The molecule has 33 heavy (non-hydrogen) atoms. The standard InChI is InChI=1S/C27H31N3O3/c1-3-7-26(31)30(20-23-10-12-24(33-2)13-11-23)25(18-21-8-5-4-6-9-21)27(32)29-19-22-14-16-28-17-15-22/h4-6,8-17,25H,3,7,18-20H2,1-2H3,(H,29,32). The van der Waals surface area contributed by atoms with E-state index < -0.39 is 6.04 Å². The van der Waals surface area contributed by atoms with Gasteiger partial charge in [0.15, 0.2) is 0 Å². The minimum Gasteiger partial charge on any atom is -0.497 e. The van der Waals surface area contributed by atoms with Gasteiger partial charge in [0.05, 0.1) is 7.11 Å². The van der Waals surface area contributed by atoms with Gasteiger partial charge in [0, 0.05) is 38.3 Å². The highest BCUT2D eigenvalue weighted by Gasteiger charge is 2.29. The molecule has 3 aromatic rings. The van der Waals surface area contributed by atoms with Crippen LogP contribution in [0.25, 0.3) is 0 Å². The molecule has 0 saturated carbocycles. The van der Waals surface area contributed by atoms with E-state index in [0.29, 0.717) is 32.4 Å². The molecule has 0 fully saturated rings. The number of amides is 2. The predicted molar refractivity (Wildman–Crippen MR) is 128 cm³/mol. The van der Waals surface area contributed by atoms with Crippen LogP contribution < -0.4 is 10.1 Å². The normalized spacial score (nSPS) is 11.5. The molecule has 172 valence electrons. The number of ether oxygens (including phenoxy) is 1. The highest BCUT2D eigenvalue weighted by Crippen LogP contribution is 2.18. The Bertz CT molecular complexity index is 1010. The van der Waals surface area contributed by atoms with Crippen LogP contribution in [-0.2, 0) is 29.1 Å². The molecule has 3 rings (SSSR count). The summed E-state index contributed by atoms with van der Waals surface area (Å²) in [5, 5.41) is 3.02. The third-order valence-electron chi connectivity index (χ3n) is 5.46. The van der Waals surface area contributed by atoms with Crippen LogP contribution in [0.3, 0.4) is 0 Å². The Morgan fingerprint density at radius 2 is 1.64 bits per heavy atom. The van der Waals surface area contributed by atoms with Crippen molar-refractivity contribution in [1.82, 2.24) is 15.2 Å². The Balaban J connectivity index is 1.87. The second-order valence-electron chi connectivity index (χ2n) is 7.90. The van der Waals surface area contributed by atoms with Gasteiger partial charge in [-0.25, -0.2) is 0 Å². The fourth-order valence-corrected chi connectivity index (χ4v) is 3.65. The van der Waals surface area contributed by atoms with E-state index in [4.69, 9.17) is 4.74 Å². The molecule has 6 nitrogen and oxygen atoms in total. The molecule has 0 saturated heterocycles. The highest BCUT2D eigenvalue weighted by atomic mass is 16.5. The lowest BCUT2D eigenvalue weighted by atomic mass is 10.0. The van der Waals surface area contributed by atoms with Gasteiger partial charge in [-0.2, -0.15) is 0 Å². The first-order valence-electron chi connectivity index (χ1n) is 11.2. The van der Waals surface area contributed by atoms with E-state index in [2.05, 4.69) is 10.3 Å². The monoisotopic (exact) mass is 445 g/mol. The largest absolute Gasteiger partial charge is 0.497 e. The molecule has 0 bridgehead atoms. The van der Waals surface area contributed by atoms with Crippen molar-refractivity contribution in [2.24, 2.45) is 0 Å². The van der Waals surface area contributed by atoms with E-state index in [0.717, 1.165) is 22.4 Å². The average Bonchev–Trinajstić information content (AvgIpc) is 2.86. The van der Waals surface area contributed by atoms with E-state index in [-0.39, 0.29) is 11.8 Å². The molecular weight excluding hydrogens is 414 g/mol. The number of hydrogen-bond donors (Lipinski definition) is 1. The fourth-order valence-electron chi connectivity index (χ4n) is 3.65. The van der Waals surface area contributed by atoms with Crippen molar-refractivity contribution in [3.63, 3.8) is 0 Å². The number of benzene rings is 2. The molecule has 0 radical (unpaired) electrons. The van der Waals surface area contributed by atoms with Crippen molar-refractivity contribution in [3.8, 4) is 5.75 Å². The maximum atomic E-state index is 13.4. The van der Waals surface area contributed by atoms with Crippen LogP contribution in [0.5, 0.6) is 5.75 Å². The molecule has 0 aliphatic heterocycles. The maximum Gasteiger partial charge on any atom is 0.243 e. The van der Waals surface area contributed by atoms with Crippen molar-refractivity contribution in [3.05, 3.63) is 95.8 Å². The molecule has 1 aromatic heterocycles. The lowest BCUT2D eigenvalue weighted by molar-refractivity contribution is -0.141. The fraction of sp³-hybridized carbons (Fsp3) is 0.296. The van der Waals surface area contributed by atoms with Crippen LogP contribution in [0, 0.1) is 0 Å². The topological polar surface area (TPSA) is 71.5 Å². The second kappa shape index (κ2) is 12.4. The first kappa shape index (κ1) is 24.0. The Labute approximate surface area is 195 Å². The van der Waals surface area contributed by atoms with Crippen molar-refractivity contribution < 1.29 is 14.3 Å². The molecular formula is C27H31N3O3. The average molecular weight is 446 g/mol. The smallest absolute Gasteiger partial charge is 0.243 e. The number of carbonyl (C=O) groups is 2. The molecule has 0 spiro atoms. The van der Waals surface area contributed by atoms with E-state index in [9.17, 15) is 9.59 Å².